The third-order valence-electron chi connectivity index (χ3n) is 2.68. The number of hydrogen-bond donors (Lipinski definition) is 0. The number of imidazole rings is 1. The van der Waals surface area contributed by atoms with Gasteiger partial charge in [0.2, 0.25) is 0 Å². The normalized spacial score (nSPS) is 13.6. The molecule has 1 heterocycles. The second kappa shape index (κ2) is 4.62. The Morgan fingerprint density at radius 2 is 1.76 bits per heavy atom. The van der Waals surface area contributed by atoms with E-state index in [0.29, 0.717) is 0 Å². The molecule has 2 aromatic rings. The minimum absolute atomic E-state index is 0.218. The highest BCUT2D eigenvalue weighted by molar-refractivity contribution is 7.73. The minimum Gasteiger partial charge on any atom is -0.334 e. The van der Waals surface area contributed by atoms with Gasteiger partial charge in [-0.15, -0.1) is 0 Å². The molecule has 90 valence electrons. The van der Waals surface area contributed by atoms with Crippen LogP contribution in [-0.2, 0) is 7.05 Å². The van der Waals surface area contributed by atoms with E-state index < -0.39 is 7.92 Å². The zero-order chi connectivity index (χ0) is 12.5. The number of hydrogen-bond acceptors (Lipinski definition) is 1. The lowest BCUT2D eigenvalue weighted by Crippen LogP contribution is -2.30. The van der Waals surface area contributed by atoms with Crippen LogP contribution in [-0.4, -0.2) is 14.7 Å². The number of nitrogens with zero attached hydrogens (tertiary/aromatic N) is 2. The van der Waals surface area contributed by atoms with E-state index in [-0.39, 0.29) is 5.16 Å². The third kappa shape index (κ3) is 2.58. The van der Waals surface area contributed by atoms with Gasteiger partial charge in [0.05, 0.1) is 0 Å². The summed E-state index contributed by atoms with van der Waals surface area (Å²) in [6, 6.07) is 10.7. The number of aromatic nitrogens is 2. The SMILES string of the molecule is Cn1ccnc1P(c1ccccc1)C(C)(C)C. The maximum Gasteiger partial charge on any atom is 0.136 e. The highest BCUT2D eigenvalue weighted by Crippen LogP contribution is 2.46. The van der Waals surface area contributed by atoms with Crippen LogP contribution in [0, 0.1) is 0 Å². The standard InChI is InChI=1S/C14H19N2P/c1-14(2,3)17(12-8-6-5-7-9-12)13-15-10-11-16(13)4/h5-11H,1-4H3. The van der Waals surface area contributed by atoms with Gasteiger partial charge < -0.3 is 4.57 Å². The van der Waals surface area contributed by atoms with Gasteiger partial charge in [-0.05, 0) is 10.5 Å². The highest BCUT2D eigenvalue weighted by Gasteiger charge is 2.30. The summed E-state index contributed by atoms with van der Waals surface area (Å²) in [5.74, 6) is 0. The zero-order valence-electron chi connectivity index (χ0n) is 10.9. The second-order valence-corrected chi connectivity index (χ2v) is 8.11. The van der Waals surface area contributed by atoms with Gasteiger partial charge in [-0.3, -0.25) is 0 Å². The van der Waals surface area contributed by atoms with Gasteiger partial charge in [0.15, 0.2) is 0 Å². The average Bonchev–Trinajstić information content (AvgIpc) is 2.65. The summed E-state index contributed by atoms with van der Waals surface area (Å²) in [6.45, 7) is 6.88. The van der Waals surface area contributed by atoms with Crippen LogP contribution in [0.5, 0.6) is 0 Å². The first kappa shape index (κ1) is 12.3. The van der Waals surface area contributed by atoms with Crippen molar-refractivity contribution >= 4 is 18.8 Å². The Morgan fingerprint density at radius 3 is 2.24 bits per heavy atom. The van der Waals surface area contributed by atoms with Crippen molar-refractivity contribution in [2.75, 3.05) is 0 Å². The van der Waals surface area contributed by atoms with E-state index in [0.717, 1.165) is 0 Å². The number of benzene rings is 1. The molecule has 0 saturated carbocycles. The van der Waals surface area contributed by atoms with Crippen LogP contribution in [0.25, 0.3) is 0 Å². The predicted octanol–water partition coefficient (Wildman–Crippen LogP) is 2.65. The predicted molar refractivity (Wildman–Crippen MR) is 75.6 cm³/mol. The molecule has 0 aliphatic heterocycles. The quantitative estimate of drug-likeness (QED) is 0.745. The van der Waals surface area contributed by atoms with E-state index in [4.69, 9.17) is 0 Å². The van der Waals surface area contributed by atoms with Crippen molar-refractivity contribution < 1.29 is 0 Å². The van der Waals surface area contributed by atoms with Gasteiger partial charge in [-0.25, -0.2) is 4.98 Å². The van der Waals surface area contributed by atoms with Crippen LogP contribution in [0.3, 0.4) is 0 Å². The molecule has 2 rings (SSSR count). The first-order chi connectivity index (χ1) is 8.00. The Morgan fingerprint density at radius 1 is 1.12 bits per heavy atom. The lowest BCUT2D eigenvalue weighted by molar-refractivity contribution is 0.788. The first-order valence-electron chi connectivity index (χ1n) is 5.83. The molecular weight excluding hydrogens is 227 g/mol. The Kier molecular flexibility index (Phi) is 3.35. The molecule has 0 N–H and O–H groups in total. The van der Waals surface area contributed by atoms with Crippen molar-refractivity contribution in [1.29, 1.82) is 0 Å². The molecule has 17 heavy (non-hydrogen) atoms. The van der Waals surface area contributed by atoms with Crippen molar-refractivity contribution in [1.82, 2.24) is 9.55 Å². The molecule has 1 aromatic heterocycles. The molecule has 0 aliphatic rings. The van der Waals surface area contributed by atoms with Crippen LogP contribution in [0.1, 0.15) is 20.8 Å². The summed E-state index contributed by atoms with van der Waals surface area (Å²) in [5.41, 5.74) is 1.19. The molecule has 0 spiro atoms. The number of aryl methyl sites for hydroxylation is 1. The van der Waals surface area contributed by atoms with Crippen LogP contribution < -0.4 is 10.9 Å². The monoisotopic (exact) mass is 246 g/mol. The van der Waals surface area contributed by atoms with Gasteiger partial charge in [0.1, 0.15) is 5.57 Å². The van der Waals surface area contributed by atoms with Crippen LogP contribution in [0.2, 0.25) is 0 Å². The van der Waals surface area contributed by atoms with Crippen molar-refractivity contribution in [3.8, 4) is 0 Å². The molecule has 3 heteroatoms. The zero-order valence-corrected chi connectivity index (χ0v) is 11.8. The molecular formula is C14H19N2P. The van der Waals surface area contributed by atoms with Crippen molar-refractivity contribution in [3.63, 3.8) is 0 Å². The fourth-order valence-electron chi connectivity index (χ4n) is 1.95. The Hall–Kier alpha value is -1.14. The van der Waals surface area contributed by atoms with E-state index in [1.165, 1.54) is 10.9 Å². The first-order valence-corrected chi connectivity index (χ1v) is 7.17. The summed E-state index contributed by atoms with van der Waals surface area (Å²) >= 11 is 0. The molecule has 1 atom stereocenters. The molecule has 0 bridgehead atoms. The largest absolute Gasteiger partial charge is 0.334 e. The van der Waals surface area contributed by atoms with E-state index in [1.807, 2.05) is 12.4 Å². The third-order valence-corrected chi connectivity index (χ3v) is 5.67. The van der Waals surface area contributed by atoms with E-state index in [9.17, 15) is 0 Å². The van der Waals surface area contributed by atoms with Crippen LogP contribution in [0.15, 0.2) is 42.7 Å². The van der Waals surface area contributed by atoms with Crippen molar-refractivity contribution in [3.05, 3.63) is 42.7 Å². The Bertz CT molecular complexity index is 482. The van der Waals surface area contributed by atoms with Crippen LogP contribution >= 0.6 is 7.92 Å². The average molecular weight is 246 g/mol. The Balaban J connectivity index is 2.51. The second-order valence-electron chi connectivity index (χ2n) is 5.18. The fourth-order valence-corrected chi connectivity index (χ4v) is 4.59. The van der Waals surface area contributed by atoms with Gasteiger partial charge in [0, 0.05) is 27.4 Å². The summed E-state index contributed by atoms with van der Waals surface area (Å²) in [6.07, 6.45) is 3.92. The van der Waals surface area contributed by atoms with Gasteiger partial charge in [-0.1, -0.05) is 51.1 Å². The van der Waals surface area contributed by atoms with E-state index in [2.05, 4.69) is 67.7 Å². The molecule has 2 nitrogen and oxygen atoms in total. The molecule has 0 fully saturated rings. The summed E-state index contributed by atoms with van der Waals surface area (Å²) in [7, 11) is 1.65. The molecule has 0 amide bonds. The van der Waals surface area contributed by atoms with Gasteiger partial charge in [-0.2, -0.15) is 0 Å². The lowest BCUT2D eigenvalue weighted by Gasteiger charge is -2.30. The van der Waals surface area contributed by atoms with E-state index in [1.54, 1.807) is 0 Å². The topological polar surface area (TPSA) is 17.8 Å². The highest BCUT2D eigenvalue weighted by atomic mass is 31.1. The molecule has 0 aliphatic carbocycles. The smallest absolute Gasteiger partial charge is 0.136 e. The molecule has 0 radical (unpaired) electrons. The summed E-state index contributed by atoms with van der Waals surface area (Å²) in [5, 5.41) is 1.61. The maximum atomic E-state index is 4.55. The van der Waals surface area contributed by atoms with Crippen molar-refractivity contribution in [2.45, 2.75) is 25.9 Å². The lowest BCUT2D eigenvalue weighted by atomic mass is 10.3. The summed E-state index contributed by atoms with van der Waals surface area (Å²) < 4.78 is 2.14. The maximum absolute atomic E-state index is 4.55. The number of rotatable bonds is 2. The minimum atomic E-state index is -0.424. The van der Waals surface area contributed by atoms with Gasteiger partial charge in [0.25, 0.3) is 0 Å². The van der Waals surface area contributed by atoms with Crippen molar-refractivity contribution in [2.24, 2.45) is 7.05 Å². The summed E-state index contributed by atoms with van der Waals surface area (Å²) in [4.78, 5) is 4.55. The van der Waals surface area contributed by atoms with Crippen LogP contribution in [0.4, 0.5) is 0 Å². The molecule has 0 saturated heterocycles. The van der Waals surface area contributed by atoms with Gasteiger partial charge >= 0.3 is 0 Å². The van der Waals surface area contributed by atoms with E-state index >= 15 is 0 Å². The Labute approximate surface area is 104 Å². The molecule has 1 unspecified atom stereocenters. The fraction of sp³-hybridized carbons (Fsp3) is 0.357. The molecule has 1 aromatic carbocycles.